The molecule has 0 rings (SSSR count). The van der Waals surface area contributed by atoms with Crippen LogP contribution in [-0.4, -0.2) is 26.1 Å². The standard InChI is InChI=1S/C18H40O2Si/c1-17(20-21(5,6)18(2,3)4)15-13-11-9-7-8-10-12-14-16-19/h17,19H,7-16H2,1-6H3/t17-/m0/s1. The van der Waals surface area contributed by atoms with Crippen molar-refractivity contribution in [2.45, 2.75) is 110 Å². The molecule has 0 unspecified atom stereocenters. The molecular formula is C18H40O2Si. The molecule has 0 aromatic rings. The number of aliphatic hydroxyl groups excluding tert-OH is 1. The second kappa shape index (κ2) is 10.8. The van der Waals surface area contributed by atoms with Crippen LogP contribution in [0.5, 0.6) is 0 Å². The number of hydrogen-bond acceptors (Lipinski definition) is 2. The van der Waals surface area contributed by atoms with Crippen LogP contribution in [0.3, 0.4) is 0 Å². The largest absolute Gasteiger partial charge is 0.414 e. The lowest BCUT2D eigenvalue weighted by atomic mass is 10.1. The Morgan fingerprint density at radius 2 is 1.29 bits per heavy atom. The van der Waals surface area contributed by atoms with Crippen molar-refractivity contribution in [1.82, 2.24) is 0 Å². The zero-order chi connectivity index (χ0) is 16.4. The highest BCUT2D eigenvalue weighted by molar-refractivity contribution is 6.74. The fourth-order valence-electron chi connectivity index (χ4n) is 2.34. The summed E-state index contributed by atoms with van der Waals surface area (Å²) >= 11 is 0. The van der Waals surface area contributed by atoms with Crippen LogP contribution in [0.1, 0.15) is 85.5 Å². The Bertz CT molecular complexity index is 246. The molecule has 0 aliphatic rings. The Balaban J connectivity index is 3.56. The topological polar surface area (TPSA) is 29.5 Å². The van der Waals surface area contributed by atoms with Crippen molar-refractivity contribution in [3.8, 4) is 0 Å². The summed E-state index contributed by atoms with van der Waals surface area (Å²) in [5, 5.41) is 9.03. The average molecular weight is 317 g/mol. The number of aliphatic hydroxyl groups is 1. The van der Waals surface area contributed by atoms with Gasteiger partial charge in [-0.1, -0.05) is 65.7 Å². The Morgan fingerprint density at radius 1 is 0.857 bits per heavy atom. The third-order valence-electron chi connectivity index (χ3n) is 4.82. The van der Waals surface area contributed by atoms with E-state index in [1.807, 2.05) is 0 Å². The zero-order valence-corrected chi connectivity index (χ0v) is 16.5. The maximum Gasteiger partial charge on any atom is 0.192 e. The van der Waals surface area contributed by atoms with Gasteiger partial charge in [-0.05, 0) is 37.9 Å². The average Bonchev–Trinajstić information content (AvgIpc) is 2.35. The fourth-order valence-corrected chi connectivity index (χ4v) is 3.82. The molecule has 0 saturated heterocycles. The Labute approximate surface area is 134 Å². The van der Waals surface area contributed by atoms with Crippen molar-refractivity contribution in [3.05, 3.63) is 0 Å². The highest BCUT2D eigenvalue weighted by Crippen LogP contribution is 2.37. The molecule has 2 nitrogen and oxygen atoms in total. The summed E-state index contributed by atoms with van der Waals surface area (Å²) in [6.07, 6.45) is 11.7. The fraction of sp³-hybridized carbons (Fsp3) is 1.00. The molecule has 0 aromatic carbocycles. The van der Waals surface area contributed by atoms with Crippen molar-refractivity contribution in [3.63, 3.8) is 0 Å². The summed E-state index contributed by atoms with van der Waals surface area (Å²) in [7, 11) is -1.58. The van der Waals surface area contributed by atoms with Crippen LogP contribution >= 0.6 is 0 Å². The van der Waals surface area contributed by atoms with Gasteiger partial charge in [0.15, 0.2) is 8.32 Å². The van der Waals surface area contributed by atoms with Gasteiger partial charge in [-0.15, -0.1) is 0 Å². The molecule has 0 radical (unpaired) electrons. The first-order valence-electron chi connectivity index (χ1n) is 8.99. The van der Waals surface area contributed by atoms with E-state index in [2.05, 4.69) is 40.8 Å². The summed E-state index contributed by atoms with van der Waals surface area (Å²) in [5.74, 6) is 0. The molecule has 128 valence electrons. The number of unbranched alkanes of at least 4 members (excludes halogenated alkanes) is 7. The first-order valence-corrected chi connectivity index (χ1v) is 11.9. The van der Waals surface area contributed by atoms with Gasteiger partial charge < -0.3 is 9.53 Å². The predicted molar refractivity (Wildman–Crippen MR) is 96.4 cm³/mol. The lowest BCUT2D eigenvalue weighted by molar-refractivity contribution is 0.185. The Morgan fingerprint density at radius 3 is 1.71 bits per heavy atom. The van der Waals surface area contributed by atoms with E-state index in [-0.39, 0.29) is 0 Å². The second-order valence-corrected chi connectivity index (χ2v) is 12.8. The van der Waals surface area contributed by atoms with Gasteiger partial charge in [-0.25, -0.2) is 0 Å². The third kappa shape index (κ3) is 10.5. The summed E-state index contributed by atoms with van der Waals surface area (Å²) < 4.78 is 6.39. The minimum absolute atomic E-state index is 0.315. The van der Waals surface area contributed by atoms with Crippen molar-refractivity contribution in [2.75, 3.05) is 6.61 Å². The molecule has 0 saturated carbocycles. The second-order valence-electron chi connectivity index (χ2n) is 8.03. The normalized spacial score (nSPS) is 14.4. The number of rotatable bonds is 12. The van der Waals surface area contributed by atoms with E-state index in [1.165, 1.54) is 51.4 Å². The zero-order valence-electron chi connectivity index (χ0n) is 15.5. The highest BCUT2D eigenvalue weighted by Gasteiger charge is 2.38. The first kappa shape index (κ1) is 21.1. The van der Waals surface area contributed by atoms with Crippen molar-refractivity contribution in [2.24, 2.45) is 0 Å². The van der Waals surface area contributed by atoms with Crippen LogP contribution in [-0.2, 0) is 4.43 Å². The molecule has 0 aliphatic heterocycles. The number of hydrogen-bond donors (Lipinski definition) is 1. The van der Waals surface area contributed by atoms with Gasteiger partial charge in [0, 0.05) is 12.7 Å². The molecule has 0 bridgehead atoms. The molecule has 0 aliphatic carbocycles. The van der Waals surface area contributed by atoms with Gasteiger partial charge >= 0.3 is 0 Å². The minimum Gasteiger partial charge on any atom is -0.414 e. The SMILES string of the molecule is C[C@@H](CCCCCCCCCCO)O[Si](C)(C)C(C)(C)C. The van der Waals surface area contributed by atoms with Gasteiger partial charge in [0.25, 0.3) is 0 Å². The van der Waals surface area contributed by atoms with Gasteiger partial charge in [0.05, 0.1) is 0 Å². The maximum absolute atomic E-state index is 8.71. The van der Waals surface area contributed by atoms with Crippen LogP contribution in [0.15, 0.2) is 0 Å². The summed E-state index contributed by atoms with van der Waals surface area (Å²) in [4.78, 5) is 0. The molecule has 0 spiro atoms. The highest BCUT2D eigenvalue weighted by atomic mass is 28.4. The smallest absolute Gasteiger partial charge is 0.192 e. The molecule has 0 fully saturated rings. The maximum atomic E-state index is 8.71. The predicted octanol–water partition coefficient (Wildman–Crippen LogP) is 5.90. The first-order chi connectivity index (χ1) is 9.70. The van der Waals surface area contributed by atoms with Gasteiger partial charge in [-0.2, -0.15) is 0 Å². The van der Waals surface area contributed by atoms with E-state index < -0.39 is 8.32 Å². The molecule has 21 heavy (non-hydrogen) atoms. The molecule has 0 amide bonds. The van der Waals surface area contributed by atoms with E-state index in [9.17, 15) is 0 Å². The quantitative estimate of drug-likeness (QED) is 0.359. The van der Waals surface area contributed by atoms with E-state index in [1.54, 1.807) is 0 Å². The van der Waals surface area contributed by atoms with E-state index in [4.69, 9.17) is 9.53 Å². The van der Waals surface area contributed by atoms with Crippen molar-refractivity contribution >= 4 is 8.32 Å². The van der Waals surface area contributed by atoms with Crippen LogP contribution in [0.2, 0.25) is 18.1 Å². The van der Waals surface area contributed by atoms with Crippen LogP contribution in [0.4, 0.5) is 0 Å². The van der Waals surface area contributed by atoms with Crippen LogP contribution in [0, 0.1) is 0 Å². The molecule has 3 heteroatoms. The van der Waals surface area contributed by atoms with Gasteiger partial charge in [0.1, 0.15) is 0 Å². The molecule has 0 heterocycles. The monoisotopic (exact) mass is 316 g/mol. The van der Waals surface area contributed by atoms with Crippen molar-refractivity contribution < 1.29 is 9.53 Å². The summed E-state index contributed by atoms with van der Waals surface area (Å²) in [6.45, 7) is 14.2. The van der Waals surface area contributed by atoms with E-state index in [0.29, 0.717) is 17.7 Å². The van der Waals surface area contributed by atoms with Crippen LogP contribution in [0.25, 0.3) is 0 Å². The minimum atomic E-state index is -1.58. The van der Waals surface area contributed by atoms with E-state index >= 15 is 0 Å². The van der Waals surface area contributed by atoms with Crippen LogP contribution < -0.4 is 0 Å². The molecule has 1 atom stereocenters. The lowest BCUT2D eigenvalue weighted by Gasteiger charge is -2.38. The molecular weight excluding hydrogens is 276 g/mol. The van der Waals surface area contributed by atoms with E-state index in [0.717, 1.165) is 6.42 Å². The Hall–Kier alpha value is 0.137. The third-order valence-corrected chi connectivity index (χ3v) is 9.42. The summed E-state index contributed by atoms with van der Waals surface area (Å²) in [6, 6.07) is 0. The van der Waals surface area contributed by atoms with Gasteiger partial charge in [0.2, 0.25) is 0 Å². The molecule has 0 aromatic heterocycles. The molecule has 1 N–H and O–H groups in total. The van der Waals surface area contributed by atoms with Crippen molar-refractivity contribution in [1.29, 1.82) is 0 Å². The Kier molecular flexibility index (Phi) is 10.9. The lowest BCUT2D eigenvalue weighted by Crippen LogP contribution is -2.43. The summed E-state index contributed by atoms with van der Waals surface area (Å²) in [5.41, 5.74) is 0. The van der Waals surface area contributed by atoms with Gasteiger partial charge in [-0.3, -0.25) is 0 Å².